The maximum atomic E-state index is 3.55. The summed E-state index contributed by atoms with van der Waals surface area (Å²) in [4.78, 5) is 0. The molecular weight excluding hydrogens is 396 g/mol. The summed E-state index contributed by atoms with van der Waals surface area (Å²) < 4.78 is 5.19. The summed E-state index contributed by atoms with van der Waals surface area (Å²) in [7, 11) is 0. The molecule has 2 nitrogen and oxygen atoms in total. The van der Waals surface area contributed by atoms with Crippen LogP contribution in [-0.2, 0) is 13.1 Å². The Morgan fingerprint density at radius 3 is 2.11 bits per heavy atom. The number of aromatic nitrogens is 2. The van der Waals surface area contributed by atoms with Gasteiger partial charge in [0.2, 0.25) is 0 Å². The fourth-order valence-corrected chi connectivity index (χ4v) is 4.63. The first kappa shape index (κ1) is 22.2. The highest BCUT2D eigenvalue weighted by Gasteiger charge is 2.28. The first-order valence-corrected chi connectivity index (χ1v) is 11.8. The van der Waals surface area contributed by atoms with E-state index < -0.39 is 0 Å². The van der Waals surface area contributed by atoms with Crippen molar-refractivity contribution in [3.63, 3.8) is 0 Å². The van der Waals surface area contributed by atoms with Gasteiger partial charge in [0, 0.05) is 19.2 Å². The van der Waals surface area contributed by atoms with E-state index in [1.54, 1.807) is 0 Å². The lowest BCUT2D eigenvalue weighted by atomic mass is 9.99. The van der Waals surface area contributed by atoms with Crippen LogP contribution in [0.25, 0.3) is 11.4 Å². The first-order valence-electron chi connectivity index (χ1n) is 10.7. The summed E-state index contributed by atoms with van der Waals surface area (Å²) in [5.41, 5.74) is 8.45. The van der Waals surface area contributed by atoms with Gasteiger partial charge in [0.15, 0.2) is 0 Å². The van der Waals surface area contributed by atoms with Crippen molar-refractivity contribution in [2.45, 2.75) is 93.2 Å². The standard InChI is InChI=1S/C24H38BrN2/c1-7-8-14-26-21(5)22(6)27(15-12-10-9-11-13-25)24(26)23-19(3)16-18(2)17-20(23)4/h16-17H,7-15H2,1-6H3/q+1. The van der Waals surface area contributed by atoms with E-state index in [0.29, 0.717) is 0 Å². The fourth-order valence-electron chi connectivity index (χ4n) is 4.24. The lowest BCUT2D eigenvalue weighted by molar-refractivity contribution is -0.691. The number of nitrogens with zero attached hydrogens (tertiary/aromatic N) is 2. The van der Waals surface area contributed by atoms with E-state index >= 15 is 0 Å². The smallest absolute Gasteiger partial charge is 0.227 e. The topological polar surface area (TPSA) is 8.81 Å². The quantitative estimate of drug-likeness (QED) is 0.222. The molecule has 0 spiro atoms. The predicted octanol–water partition coefficient (Wildman–Crippen LogP) is 6.74. The molecule has 0 saturated heterocycles. The Kier molecular flexibility index (Phi) is 8.60. The molecule has 0 aliphatic carbocycles. The minimum atomic E-state index is 1.11. The molecule has 0 aliphatic heterocycles. The fraction of sp³-hybridized carbons (Fsp3) is 0.625. The molecule has 150 valence electrons. The van der Waals surface area contributed by atoms with Crippen LogP contribution in [0.15, 0.2) is 12.1 Å². The van der Waals surface area contributed by atoms with Gasteiger partial charge in [0.25, 0.3) is 5.82 Å². The molecule has 0 aliphatic rings. The van der Waals surface area contributed by atoms with Crippen molar-refractivity contribution in [3.05, 3.63) is 40.2 Å². The zero-order valence-electron chi connectivity index (χ0n) is 18.3. The van der Waals surface area contributed by atoms with Gasteiger partial charge < -0.3 is 0 Å². The molecule has 1 heterocycles. The van der Waals surface area contributed by atoms with E-state index in [-0.39, 0.29) is 0 Å². The van der Waals surface area contributed by atoms with Crippen molar-refractivity contribution in [1.29, 1.82) is 0 Å². The lowest BCUT2D eigenvalue weighted by Crippen LogP contribution is -2.38. The molecule has 1 aromatic carbocycles. The maximum Gasteiger partial charge on any atom is 0.289 e. The number of aryl methyl sites for hydroxylation is 3. The summed E-state index contributed by atoms with van der Waals surface area (Å²) in [6.07, 6.45) is 7.63. The van der Waals surface area contributed by atoms with E-state index in [9.17, 15) is 0 Å². The molecule has 0 saturated carbocycles. The normalized spacial score (nSPS) is 11.4. The molecule has 0 bridgehead atoms. The molecule has 0 N–H and O–H groups in total. The number of imidazole rings is 1. The average Bonchev–Trinajstić information content (AvgIpc) is 2.83. The number of rotatable bonds is 10. The SMILES string of the molecule is CCCCn1c(C)c(C)[n+](CCCCCCBr)c1-c1c(C)cc(C)cc1C. The monoisotopic (exact) mass is 433 g/mol. The molecule has 0 radical (unpaired) electrons. The molecule has 3 heteroatoms. The Hall–Kier alpha value is -1.09. The first-order chi connectivity index (χ1) is 12.9. The summed E-state index contributed by atoms with van der Waals surface area (Å²) in [6, 6.07) is 4.68. The van der Waals surface area contributed by atoms with Crippen molar-refractivity contribution in [3.8, 4) is 11.4 Å². The summed E-state index contributed by atoms with van der Waals surface area (Å²) in [5.74, 6) is 1.42. The van der Waals surface area contributed by atoms with Crippen molar-refractivity contribution in [2.24, 2.45) is 0 Å². The van der Waals surface area contributed by atoms with Gasteiger partial charge in [-0.2, -0.15) is 0 Å². The number of unbranched alkanes of at least 4 members (excludes halogenated alkanes) is 4. The molecule has 0 unspecified atom stereocenters. The molecule has 0 atom stereocenters. The Bertz CT molecular complexity index is 735. The molecule has 27 heavy (non-hydrogen) atoms. The number of alkyl halides is 1. The van der Waals surface area contributed by atoms with Crippen LogP contribution in [0.2, 0.25) is 0 Å². The lowest BCUT2D eigenvalue weighted by Gasteiger charge is -2.12. The van der Waals surface area contributed by atoms with Crippen LogP contribution in [0.1, 0.15) is 73.5 Å². The molecule has 0 amide bonds. The molecule has 2 rings (SSSR count). The molecule has 2 aromatic rings. The van der Waals surface area contributed by atoms with Gasteiger partial charge in [-0.15, -0.1) is 0 Å². The van der Waals surface area contributed by atoms with Crippen LogP contribution in [0.5, 0.6) is 0 Å². The van der Waals surface area contributed by atoms with Gasteiger partial charge >= 0.3 is 0 Å². The van der Waals surface area contributed by atoms with Crippen LogP contribution in [0, 0.1) is 34.6 Å². The largest absolute Gasteiger partial charge is 0.289 e. The Morgan fingerprint density at radius 2 is 1.52 bits per heavy atom. The molecule has 0 fully saturated rings. The summed E-state index contributed by atoms with van der Waals surface area (Å²) >= 11 is 3.55. The Labute approximate surface area is 175 Å². The second kappa shape index (κ2) is 10.5. The van der Waals surface area contributed by atoms with Crippen LogP contribution < -0.4 is 4.57 Å². The predicted molar refractivity (Wildman–Crippen MR) is 121 cm³/mol. The third-order valence-corrected chi connectivity index (χ3v) is 6.31. The van der Waals surface area contributed by atoms with Gasteiger partial charge in [0.1, 0.15) is 11.4 Å². The van der Waals surface area contributed by atoms with Crippen LogP contribution in [-0.4, -0.2) is 9.90 Å². The van der Waals surface area contributed by atoms with Crippen molar-refractivity contribution < 1.29 is 4.57 Å². The Balaban J connectivity index is 2.50. The zero-order valence-corrected chi connectivity index (χ0v) is 19.9. The number of benzene rings is 1. The highest BCUT2D eigenvalue weighted by molar-refractivity contribution is 9.09. The number of hydrogen-bond donors (Lipinski definition) is 0. The van der Waals surface area contributed by atoms with Gasteiger partial charge in [-0.1, -0.05) is 53.4 Å². The second-order valence-corrected chi connectivity index (χ2v) is 8.82. The highest BCUT2D eigenvalue weighted by Crippen LogP contribution is 2.29. The van der Waals surface area contributed by atoms with Crippen molar-refractivity contribution in [1.82, 2.24) is 4.57 Å². The number of halogens is 1. The van der Waals surface area contributed by atoms with E-state index in [0.717, 1.165) is 18.4 Å². The highest BCUT2D eigenvalue weighted by atomic mass is 79.9. The van der Waals surface area contributed by atoms with E-state index in [1.807, 2.05) is 0 Å². The van der Waals surface area contributed by atoms with E-state index in [2.05, 4.69) is 78.7 Å². The van der Waals surface area contributed by atoms with Gasteiger partial charge in [0.05, 0.1) is 18.7 Å². The van der Waals surface area contributed by atoms with E-state index in [4.69, 9.17) is 0 Å². The van der Waals surface area contributed by atoms with Crippen LogP contribution >= 0.6 is 15.9 Å². The average molecular weight is 434 g/mol. The minimum absolute atomic E-state index is 1.11. The molecular formula is C24H38BrN2+. The number of hydrogen-bond acceptors (Lipinski definition) is 0. The van der Waals surface area contributed by atoms with Crippen molar-refractivity contribution in [2.75, 3.05) is 5.33 Å². The van der Waals surface area contributed by atoms with Crippen LogP contribution in [0.4, 0.5) is 0 Å². The maximum absolute atomic E-state index is 3.55. The summed E-state index contributed by atoms with van der Waals surface area (Å²) in [5, 5.41) is 1.12. The van der Waals surface area contributed by atoms with Crippen LogP contribution in [0.3, 0.4) is 0 Å². The van der Waals surface area contributed by atoms with Gasteiger partial charge in [-0.25, -0.2) is 9.13 Å². The van der Waals surface area contributed by atoms with Crippen molar-refractivity contribution >= 4 is 15.9 Å². The minimum Gasteiger partial charge on any atom is -0.227 e. The van der Waals surface area contributed by atoms with Gasteiger partial charge in [-0.3, -0.25) is 0 Å². The third-order valence-electron chi connectivity index (χ3n) is 5.75. The zero-order chi connectivity index (χ0) is 20.0. The third kappa shape index (κ3) is 5.25. The van der Waals surface area contributed by atoms with Gasteiger partial charge in [-0.05, 0) is 57.6 Å². The Morgan fingerprint density at radius 1 is 0.889 bits per heavy atom. The summed E-state index contributed by atoms with van der Waals surface area (Å²) in [6.45, 7) is 15.9. The van der Waals surface area contributed by atoms with E-state index in [1.165, 1.54) is 78.0 Å². The second-order valence-electron chi connectivity index (χ2n) is 8.03. The molecule has 1 aromatic heterocycles.